The third-order valence-corrected chi connectivity index (χ3v) is 15.4. The van der Waals surface area contributed by atoms with Crippen molar-refractivity contribution in [3.8, 4) is 0 Å². The monoisotopic (exact) mass is 690 g/mol. The highest BCUT2D eigenvalue weighted by molar-refractivity contribution is 5.89. The number of nitrogens with one attached hydrogen (secondary N) is 1. The van der Waals surface area contributed by atoms with Crippen LogP contribution < -0.4 is 5.32 Å². The molecule has 2 amide bonds. The number of hydrogen-bond donors (Lipinski definition) is 1. The molecule has 5 aliphatic rings. The number of rotatable bonds is 6. The summed E-state index contributed by atoms with van der Waals surface area (Å²) in [5.41, 5.74) is 1.83. The van der Waals surface area contributed by atoms with Gasteiger partial charge >= 0.3 is 5.97 Å². The van der Waals surface area contributed by atoms with Gasteiger partial charge in [-0.3, -0.25) is 14.4 Å². The fraction of sp³-hybridized carbons (Fsp3) is 0.791. The molecule has 0 unspecified atom stereocenters. The molecule has 6 rings (SSSR count). The van der Waals surface area contributed by atoms with Crippen LogP contribution in [-0.4, -0.2) is 40.9 Å². The maximum atomic E-state index is 15.3. The van der Waals surface area contributed by atoms with Crippen LogP contribution in [0.25, 0.3) is 0 Å². The molecule has 7 heteroatoms. The first-order valence-electron chi connectivity index (χ1n) is 19.6. The Kier molecular flexibility index (Phi) is 9.12. The summed E-state index contributed by atoms with van der Waals surface area (Å²) in [4.78, 5) is 42.7. The molecule has 0 radical (unpaired) electrons. The summed E-state index contributed by atoms with van der Waals surface area (Å²) >= 11 is 0. The summed E-state index contributed by atoms with van der Waals surface area (Å²) < 4.78 is 11.4. The molecule has 0 aliphatic heterocycles. The van der Waals surface area contributed by atoms with E-state index in [0.29, 0.717) is 18.4 Å². The summed E-state index contributed by atoms with van der Waals surface area (Å²) in [5.74, 6) is 1.01. The Balaban J connectivity index is 1.37. The van der Waals surface area contributed by atoms with Gasteiger partial charge in [0.15, 0.2) is 0 Å². The van der Waals surface area contributed by atoms with E-state index in [4.69, 9.17) is 9.15 Å². The van der Waals surface area contributed by atoms with E-state index in [1.807, 2.05) is 31.7 Å². The highest BCUT2D eigenvalue weighted by Gasteiger charge is 2.69. The van der Waals surface area contributed by atoms with Crippen molar-refractivity contribution in [3.05, 3.63) is 35.8 Å². The van der Waals surface area contributed by atoms with E-state index < -0.39 is 5.41 Å². The molecule has 1 heterocycles. The van der Waals surface area contributed by atoms with Gasteiger partial charge in [0.05, 0.1) is 24.5 Å². The summed E-state index contributed by atoms with van der Waals surface area (Å²) in [7, 11) is 0. The predicted molar refractivity (Wildman–Crippen MR) is 197 cm³/mol. The first-order valence-corrected chi connectivity index (χ1v) is 19.6. The van der Waals surface area contributed by atoms with Crippen molar-refractivity contribution in [2.24, 2.45) is 50.2 Å². The van der Waals surface area contributed by atoms with Crippen molar-refractivity contribution in [1.82, 2.24) is 10.2 Å². The van der Waals surface area contributed by atoms with E-state index >= 15 is 4.79 Å². The second-order valence-corrected chi connectivity index (χ2v) is 20.4. The number of carbonyl (C=O) groups excluding carboxylic acids is 3. The first kappa shape index (κ1) is 37.2. The fourth-order valence-electron chi connectivity index (χ4n) is 12.8. The third kappa shape index (κ3) is 5.98. The summed E-state index contributed by atoms with van der Waals surface area (Å²) in [6, 6.07) is 1.90. The van der Waals surface area contributed by atoms with Crippen molar-refractivity contribution < 1.29 is 23.5 Å². The molecule has 4 fully saturated rings. The van der Waals surface area contributed by atoms with Gasteiger partial charge in [-0.15, -0.1) is 0 Å². The summed E-state index contributed by atoms with van der Waals surface area (Å²) in [6.07, 6.45) is 15.9. The van der Waals surface area contributed by atoms with E-state index in [1.165, 1.54) is 5.57 Å². The maximum absolute atomic E-state index is 15.3. The van der Waals surface area contributed by atoms with Crippen LogP contribution in [0.4, 0.5) is 0 Å². The zero-order chi connectivity index (χ0) is 36.7. The molecule has 0 spiro atoms. The molecule has 1 N–H and O–H groups in total. The predicted octanol–water partition coefficient (Wildman–Crippen LogP) is 9.26. The van der Waals surface area contributed by atoms with E-state index in [9.17, 15) is 9.59 Å². The standard InChI is InChI=1S/C43H66N2O5/c1-28(46)50-34-15-17-40(9)32(39(34,7)8)14-18-42(11)33(40)13-12-30-31-24-38(5,6)19-21-43(31,22-20-41(30,42)10)36(48)45(25-29-16-23-49-27-29)26-35(47)44-37(2,3)4/h12,16,23,27,31-34H,13-15,17-22,24-26H2,1-11H3,(H,44,47)/t31-,32-,33+,34-,40-,41+,42+,43-/m0/s1. The minimum atomic E-state index is -0.527. The van der Waals surface area contributed by atoms with Gasteiger partial charge in [0.25, 0.3) is 0 Å². The molecule has 1 aromatic heterocycles. The highest BCUT2D eigenvalue weighted by Crippen LogP contribution is 2.76. The van der Waals surface area contributed by atoms with Crippen molar-refractivity contribution in [2.45, 2.75) is 159 Å². The lowest BCUT2D eigenvalue weighted by molar-refractivity contribution is -0.212. The maximum Gasteiger partial charge on any atom is 0.302 e. The van der Waals surface area contributed by atoms with Crippen LogP contribution in [0, 0.1) is 50.2 Å². The quantitative estimate of drug-likeness (QED) is 0.238. The molecule has 0 bridgehead atoms. The van der Waals surface area contributed by atoms with Crippen molar-refractivity contribution in [3.63, 3.8) is 0 Å². The zero-order valence-electron chi connectivity index (χ0n) is 33.1. The van der Waals surface area contributed by atoms with E-state index in [1.54, 1.807) is 19.5 Å². The summed E-state index contributed by atoms with van der Waals surface area (Å²) in [6.45, 7) is 25.1. The number of allylic oxidation sites excluding steroid dienone is 2. The van der Waals surface area contributed by atoms with Crippen LogP contribution in [0.5, 0.6) is 0 Å². The van der Waals surface area contributed by atoms with E-state index in [-0.39, 0.29) is 69.0 Å². The largest absolute Gasteiger partial charge is 0.472 e. The molecule has 5 aliphatic carbocycles. The molecule has 1 aromatic rings. The van der Waals surface area contributed by atoms with E-state index in [0.717, 1.165) is 69.8 Å². The van der Waals surface area contributed by atoms with Crippen molar-refractivity contribution >= 4 is 17.8 Å². The van der Waals surface area contributed by atoms with Gasteiger partial charge in [-0.2, -0.15) is 0 Å². The Bertz CT molecular complexity index is 1520. The lowest BCUT2D eigenvalue weighted by Gasteiger charge is -2.71. The SMILES string of the molecule is CC(=O)O[C@H]1CC[C@]2(C)[C@H]3CC=C4[C@@H]5CC(C)(C)CC[C@]5(C(=O)N(CC(=O)NC(C)(C)C)Cc5ccoc5)CC[C@@]4(C)[C@]3(C)CC[C@H]2C1(C)C. The van der Waals surface area contributed by atoms with Gasteiger partial charge < -0.3 is 19.4 Å². The molecule has 278 valence electrons. The third-order valence-electron chi connectivity index (χ3n) is 15.4. The summed E-state index contributed by atoms with van der Waals surface area (Å²) in [5, 5.41) is 3.11. The number of furan rings is 1. The lowest BCUT2D eigenvalue weighted by Crippen LogP contribution is -2.66. The van der Waals surface area contributed by atoms with Crippen LogP contribution in [-0.2, 0) is 25.7 Å². The minimum absolute atomic E-state index is 0.0123. The number of nitrogens with zero attached hydrogens (tertiary/aromatic N) is 1. The molecule has 8 atom stereocenters. The topological polar surface area (TPSA) is 88.9 Å². The number of hydrogen-bond acceptors (Lipinski definition) is 5. The van der Waals surface area contributed by atoms with Gasteiger partial charge in [0.2, 0.25) is 11.8 Å². The number of carbonyl (C=O) groups is 3. The molecule has 7 nitrogen and oxygen atoms in total. The molecular formula is C43H66N2O5. The number of amides is 2. The second-order valence-electron chi connectivity index (χ2n) is 20.4. The van der Waals surface area contributed by atoms with Gasteiger partial charge in [0.1, 0.15) is 6.10 Å². The van der Waals surface area contributed by atoms with Crippen LogP contribution in [0.2, 0.25) is 0 Å². The second kappa shape index (κ2) is 12.3. The smallest absolute Gasteiger partial charge is 0.302 e. The van der Waals surface area contributed by atoms with Gasteiger partial charge in [-0.1, -0.05) is 60.1 Å². The average molecular weight is 691 g/mol. The Morgan fingerprint density at radius 2 is 1.64 bits per heavy atom. The Morgan fingerprint density at radius 3 is 2.28 bits per heavy atom. The van der Waals surface area contributed by atoms with Crippen molar-refractivity contribution in [1.29, 1.82) is 0 Å². The molecule has 4 saturated carbocycles. The normalized spacial score (nSPS) is 38.7. The van der Waals surface area contributed by atoms with Gasteiger partial charge in [-0.25, -0.2) is 0 Å². The molecule has 0 aromatic carbocycles. The van der Waals surface area contributed by atoms with Crippen LogP contribution in [0.15, 0.2) is 34.7 Å². The van der Waals surface area contributed by atoms with Crippen LogP contribution in [0.1, 0.15) is 146 Å². The number of fused-ring (bicyclic) bond motifs is 7. The Hall–Kier alpha value is -2.57. The number of ether oxygens (including phenoxy) is 1. The van der Waals surface area contributed by atoms with Gasteiger partial charge in [-0.05, 0) is 130 Å². The van der Waals surface area contributed by atoms with Crippen molar-refractivity contribution in [2.75, 3.05) is 6.54 Å². The fourth-order valence-corrected chi connectivity index (χ4v) is 12.8. The highest BCUT2D eigenvalue weighted by atomic mass is 16.5. The Morgan fingerprint density at radius 1 is 0.940 bits per heavy atom. The average Bonchev–Trinajstić information content (AvgIpc) is 3.50. The van der Waals surface area contributed by atoms with Crippen LogP contribution >= 0.6 is 0 Å². The zero-order valence-corrected chi connectivity index (χ0v) is 33.1. The lowest BCUT2D eigenvalue weighted by atomic mass is 9.33. The van der Waals surface area contributed by atoms with Gasteiger partial charge in [0, 0.05) is 30.0 Å². The molecule has 50 heavy (non-hydrogen) atoms. The first-order chi connectivity index (χ1) is 23.1. The Labute approximate surface area is 302 Å². The molecular weight excluding hydrogens is 624 g/mol. The molecule has 0 saturated heterocycles. The van der Waals surface area contributed by atoms with Crippen LogP contribution in [0.3, 0.4) is 0 Å². The minimum Gasteiger partial charge on any atom is -0.472 e. The number of esters is 1. The van der Waals surface area contributed by atoms with E-state index in [2.05, 4.69) is 59.9 Å².